The third kappa shape index (κ3) is 3.38. The van der Waals surface area contributed by atoms with Crippen molar-refractivity contribution < 1.29 is 18.7 Å². The average Bonchev–Trinajstić information content (AvgIpc) is 2.31. The lowest BCUT2D eigenvalue weighted by Crippen LogP contribution is -2.15. The third-order valence-corrected chi connectivity index (χ3v) is 2.13. The summed E-state index contributed by atoms with van der Waals surface area (Å²) in [5.74, 6) is 0. The van der Waals surface area contributed by atoms with Crippen molar-refractivity contribution >= 4 is 16.1 Å². The summed E-state index contributed by atoms with van der Waals surface area (Å²) >= 11 is 0. The van der Waals surface area contributed by atoms with Crippen molar-refractivity contribution in [2.75, 3.05) is 6.61 Å². The quantitative estimate of drug-likeness (QED) is 0.468. The summed E-state index contributed by atoms with van der Waals surface area (Å²) in [5, 5.41) is 0. The monoisotopic (exact) mass is 178 g/mol. The van der Waals surface area contributed by atoms with E-state index in [9.17, 15) is 4.57 Å². The average molecular weight is 178 g/mol. The Kier molecular flexibility index (Phi) is 3.59. The van der Waals surface area contributed by atoms with Crippen molar-refractivity contribution in [1.82, 2.24) is 0 Å². The highest BCUT2D eigenvalue weighted by molar-refractivity contribution is 7.32. The van der Waals surface area contributed by atoms with Gasteiger partial charge in [0, 0.05) is 6.00 Å². The highest BCUT2D eigenvalue weighted by Gasteiger charge is 2.21. The summed E-state index contributed by atoms with van der Waals surface area (Å²) < 4.78 is 20.0. The Labute approximate surface area is 67.2 Å². The molecule has 3 atom stereocenters. The van der Waals surface area contributed by atoms with Gasteiger partial charge in [-0.1, -0.05) is 0 Å². The fourth-order valence-corrected chi connectivity index (χ4v) is 1.50. The fourth-order valence-electron chi connectivity index (χ4n) is 1.17. The molecule has 0 aromatic carbocycles. The van der Waals surface area contributed by atoms with E-state index in [4.69, 9.17) is 9.63 Å². The van der Waals surface area contributed by atoms with Crippen molar-refractivity contribution in [3.8, 4) is 0 Å². The Balaban J connectivity index is 2.13. The van der Waals surface area contributed by atoms with Gasteiger partial charge in [-0.25, -0.2) is 0 Å². The molecular weight excluding hydrogens is 166 g/mol. The Bertz CT molecular complexity index is 153. The van der Waals surface area contributed by atoms with Gasteiger partial charge in [-0.15, -0.1) is 0 Å². The van der Waals surface area contributed by atoms with Crippen LogP contribution in [0.4, 0.5) is 0 Å². The van der Waals surface area contributed by atoms with Crippen LogP contribution in [0.15, 0.2) is 0 Å². The van der Waals surface area contributed by atoms with Gasteiger partial charge in [-0.2, -0.15) is 0 Å². The molecule has 1 heterocycles. The van der Waals surface area contributed by atoms with Gasteiger partial charge in [0.05, 0.1) is 12.7 Å². The normalized spacial score (nSPS) is 33.9. The van der Waals surface area contributed by atoms with E-state index in [-0.39, 0.29) is 18.7 Å². The standard InChI is InChI=1S/C5H12BO4P/c6-5-2-1-4(10-5)3-9-11(7)8/h4-5,11H,1-3,6H2,(H,7,8). The Hall–Kier alpha value is 0.175. The van der Waals surface area contributed by atoms with Crippen LogP contribution in [0.5, 0.6) is 0 Å². The van der Waals surface area contributed by atoms with Gasteiger partial charge < -0.3 is 14.2 Å². The smallest absolute Gasteiger partial charge is 0.316 e. The number of hydrogen-bond donors (Lipinski definition) is 1. The molecule has 1 rings (SSSR count). The van der Waals surface area contributed by atoms with Crippen LogP contribution in [0.3, 0.4) is 0 Å². The molecule has 0 aromatic heterocycles. The van der Waals surface area contributed by atoms with E-state index in [2.05, 4.69) is 4.52 Å². The first-order valence-corrected chi connectivity index (χ1v) is 4.96. The van der Waals surface area contributed by atoms with E-state index >= 15 is 0 Å². The molecule has 1 aliphatic rings. The highest BCUT2D eigenvalue weighted by atomic mass is 31.1. The van der Waals surface area contributed by atoms with Crippen molar-refractivity contribution in [2.24, 2.45) is 0 Å². The molecule has 1 N–H and O–H groups in total. The molecule has 11 heavy (non-hydrogen) atoms. The molecule has 1 saturated heterocycles. The second-order valence-electron chi connectivity index (χ2n) is 2.72. The molecule has 0 saturated carbocycles. The van der Waals surface area contributed by atoms with Gasteiger partial charge in [-0.3, -0.25) is 4.57 Å². The third-order valence-electron chi connectivity index (χ3n) is 1.71. The summed E-state index contributed by atoms with van der Waals surface area (Å²) in [6.07, 6.45) is 1.96. The first kappa shape index (κ1) is 9.26. The lowest BCUT2D eigenvalue weighted by atomic mass is 9.97. The van der Waals surface area contributed by atoms with E-state index in [1.165, 1.54) is 0 Å². The maximum atomic E-state index is 10.1. The van der Waals surface area contributed by atoms with Crippen LogP contribution >= 0.6 is 8.25 Å². The van der Waals surface area contributed by atoms with Crippen LogP contribution in [0.2, 0.25) is 0 Å². The number of rotatable bonds is 3. The SMILES string of the molecule is BC1CCC(CO[PH](=O)O)O1. The van der Waals surface area contributed by atoms with E-state index in [0.29, 0.717) is 0 Å². The fraction of sp³-hybridized carbons (Fsp3) is 1.00. The van der Waals surface area contributed by atoms with Gasteiger partial charge in [0.15, 0.2) is 0 Å². The highest BCUT2D eigenvalue weighted by Crippen LogP contribution is 2.22. The van der Waals surface area contributed by atoms with Crippen LogP contribution in [-0.2, 0) is 13.8 Å². The summed E-state index contributed by atoms with van der Waals surface area (Å²) in [4.78, 5) is 8.35. The number of hydrogen-bond acceptors (Lipinski definition) is 3. The zero-order valence-electron chi connectivity index (χ0n) is 6.45. The second-order valence-corrected chi connectivity index (χ2v) is 3.54. The van der Waals surface area contributed by atoms with E-state index in [1.54, 1.807) is 0 Å². The van der Waals surface area contributed by atoms with Crippen molar-refractivity contribution in [2.45, 2.75) is 24.9 Å². The van der Waals surface area contributed by atoms with Crippen LogP contribution in [0, 0.1) is 0 Å². The molecular formula is C5H12BO4P. The zero-order chi connectivity index (χ0) is 8.27. The molecule has 3 unspecified atom stereocenters. The Morgan fingerprint density at radius 2 is 2.45 bits per heavy atom. The van der Waals surface area contributed by atoms with Gasteiger partial charge in [-0.05, 0) is 12.8 Å². The van der Waals surface area contributed by atoms with Gasteiger partial charge in [0.25, 0.3) is 0 Å². The number of ether oxygens (including phenoxy) is 1. The predicted molar refractivity (Wildman–Crippen MR) is 43.6 cm³/mol. The summed E-state index contributed by atoms with van der Waals surface area (Å²) in [6, 6.07) is 0.268. The molecule has 1 fully saturated rings. The molecule has 4 nitrogen and oxygen atoms in total. The van der Waals surface area contributed by atoms with Crippen LogP contribution in [0.25, 0.3) is 0 Å². The summed E-state index contributed by atoms with van der Waals surface area (Å²) in [7, 11) is -0.781. The maximum absolute atomic E-state index is 10.1. The van der Waals surface area contributed by atoms with E-state index in [1.807, 2.05) is 7.85 Å². The Morgan fingerprint density at radius 3 is 2.91 bits per heavy atom. The molecule has 64 valence electrons. The van der Waals surface area contributed by atoms with Gasteiger partial charge in [0.1, 0.15) is 7.85 Å². The van der Waals surface area contributed by atoms with Crippen molar-refractivity contribution in [1.29, 1.82) is 0 Å². The van der Waals surface area contributed by atoms with Gasteiger partial charge >= 0.3 is 8.25 Å². The van der Waals surface area contributed by atoms with Crippen molar-refractivity contribution in [3.05, 3.63) is 0 Å². The molecule has 0 spiro atoms. The zero-order valence-corrected chi connectivity index (χ0v) is 7.45. The van der Waals surface area contributed by atoms with Crippen LogP contribution < -0.4 is 0 Å². The van der Waals surface area contributed by atoms with Gasteiger partial charge in [0.2, 0.25) is 0 Å². The lowest BCUT2D eigenvalue weighted by Gasteiger charge is -2.09. The second kappa shape index (κ2) is 4.26. The molecule has 0 amide bonds. The van der Waals surface area contributed by atoms with Crippen molar-refractivity contribution in [3.63, 3.8) is 0 Å². The maximum Gasteiger partial charge on any atom is 0.316 e. The van der Waals surface area contributed by atoms with Crippen LogP contribution in [0.1, 0.15) is 12.8 Å². The lowest BCUT2D eigenvalue weighted by molar-refractivity contribution is 0.0500. The molecule has 0 aliphatic carbocycles. The minimum absolute atomic E-state index is 0.0195. The topological polar surface area (TPSA) is 55.8 Å². The molecule has 1 aliphatic heterocycles. The largest absolute Gasteiger partial charge is 0.382 e. The molecule has 0 aromatic rings. The molecule has 0 bridgehead atoms. The minimum atomic E-state index is -2.77. The minimum Gasteiger partial charge on any atom is -0.382 e. The van der Waals surface area contributed by atoms with Crippen LogP contribution in [-0.4, -0.2) is 31.5 Å². The van der Waals surface area contributed by atoms with E-state index in [0.717, 1.165) is 12.8 Å². The predicted octanol–water partition coefficient (Wildman–Crippen LogP) is -0.477. The summed E-state index contributed by atoms with van der Waals surface area (Å²) in [6.45, 7) is 0.249. The first-order valence-electron chi connectivity index (χ1n) is 3.69. The first-order chi connectivity index (χ1) is 5.18. The molecule has 6 heteroatoms. The summed E-state index contributed by atoms with van der Waals surface area (Å²) in [5.41, 5.74) is 0. The Morgan fingerprint density at radius 1 is 1.73 bits per heavy atom. The molecule has 0 radical (unpaired) electrons. The van der Waals surface area contributed by atoms with E-state index < -0.39 is 8.25 Å².